The van der Waals surface area contributed by atoms with Crippen LogP contribution in [0.3, 0.4) is 0 Å². The number of aliphatic hydroxyl groups is 17. The molecule has 13 aliphatic rings. The number of aldehydes is 1. The van der Waals surface area contributed by atoms with Gasteiger partial charge < -0.3 is 182 Å². The minimum Gasteiger partial charge on any atom is -0.479 e. The standard InChI is InChI=1S/C79H122O41/c1-28-55(113-67-53(98)58(37(86)26-105-67)115-65-47(92)42(87)35(84)24-103-65)46(91)50(95)68(106-28)118-62-51(96)56(114-70-54(99)60(110-32(5)83)57(30(3)107-70)109-31(4)82)29(2)108-71(62)120-73(102)79-20-18-74(6,7)22-34(79)33-12-13-40-75(8)16-15-41(76(9,27-81)39(75)14-17-78(40,11)77(33,10)19-21-79)112-72-63(119-69-49(94)45(90)44(89)38(23-80)111-69)59(52(97)61(117-72)64(100)101)116-66-48(93)43(88)36(85)25-104-66/h12,27-30,34-63,65-72,80,84-99H,13-26H2,1-11H3,(H,100,101)/t28-,29+,30+,34-,35+,36+,37+,38+,39?,40+,41-,42-,43-,44-,45-,46-,47+,48+,49+,50+,51-,52-,53+,54+,55-,56-,57+,58-,59-,60+,61-,62+,63+,65-,66-,67-,68-,69-,70-,71-,72+,75-,76-,77+,78+,79-/m0/s1. The van der Waals surface area contributed by atoms with Crippen LogP contribution in [0.4, 0.5) is 0 Å². The summed E-state index contributed by atoms with van der Waals surface area (Å²) in [6, 6.07) is 0. The van der Waals surface area contributed by atoms with Crippen molar-refractivity contribution < 1.29 is 201 Å². The Labute approximate surface area is 691 Å². The van der Waals surface area contributed by atoms with E-state index in [9.17, 15) is 111 Å². The summed E-state index contributed by atoms with van der Waals surface area (Å²) in [4.78, 5) is 68.5. The number of carboxylic acids is 1. The number of hydrogen-bond acceptors (Lipinski definition) is 40. The molecule has 5 aliphatic carbocycles. The number of hydrogen-bond donors (Lipinski definition) is 18. The number of aliphatic hydroxyl groups excluding tert-OH is 17. The maximum Gasteiger partial charge on any atom is 0.335 e. The van der Waals surface area contributed by atoms with Gasteiger partial charge >= 0.3 is 23.9 Å². The molecule has 12 fully saturated rings. The molecule has 41 nitrogen and oxygen atoms in total. The smallest absolute Gasteiger partial charge is 0.335 e. The van der Waals surface area contributed by atoms with Gasteiger partial charge in [0.2, 0.25) is 6.29 Å². The van der Waals surface area contributed by atoms with Crippen LogP contribution >= 0.6 is 0 Å². The van der Waals surface area contributed by atoms with Crippen LogP contribution in [-0.4, -0.2) is 382 Å². The number of fused-ring (bicyclic) bond motifs is 7. The molecular weight excluding hydrogens is 1600 g/mol. The first-order valence-electron chi connectivity index (χ1n) is 41.5. The molecule has 0 amide bonds. The first-order chi connectivity index (χ1) is 56.3. The second kappa shape index (κ2) is 35.9. The van der Waals surface area contributed by atoms with E-state index >= 15 is 4.79 Å². The van der Waals surface area contributed by atoms with Gasteiger partial charge in [0.1, 0.15) is 141 Å². The van der Waals surface area contributed by atoms with Gasteiger partial charge in [-0.3, -0.25) is 14.4 Å². The van der Waals surface area contributed by atoms with E-state index in [-0.39, 0.29) is 24.2 Å². The van der Waals surface area contributed by atoms with Crippen molar-refractivity contribution in [3.8, 4) is 0 Å². The van der Waals surface area contributed by atoms with Gasteiger partial charge in [0.25, 0.3) is 0 Å². The van der Waals surface area contributed by atoms with E-state index in [1.165, 1.54) is 20.8 Å². The van der Waals surface area contributed by atoms with Crippen LogP contribution in [-0.2, 0) is 109 Å². The lowest BCUT2D eigenvalue weighted by molar-refractivity contribution is -0.391. The molecule has 0 aromatic rings. The summed E-state index contributed by atoms with van der Waals surface area (Å²) in [6.45, 7) is 16.5. The minimum absolute atomic E-state index is 0.108. The Morgan fingerprint density at radius 2 is 0.933 bits per heavy atom. The van der Waals surface area contributed by atoms with Gasteiger partial charge in [0.05, 0.1) is 61.7 Å². The number of ether oxygens (including phenoxy) is 18. The zero-order valence-electron chi connectivity index (χ0n) is 68.7. The highest BCUT2D eigenvalue weighted by Crippen LogP contribution is 2.76. The monoisotopic (exact) mass is 1730 g/mol. The van der Waals surface area contributed by atoms with Crippen LogP contribution in [0.1, 0.15) is 140 Å². The lowest BCUT2D eigenvalue weighted by atomic mass is 9.33. The fraction of sp³-hybridized carbons (Fsp3) is 0.911. The average Bonchev–Trinajstić information content (AvgIpc) is 0.672. The maximum atomic E-state index is 16.2. The molecule has 0 aromatic heterocycles. The highest BCUT2D eigenvalue weighted by atomic mass is 16.8. The third-order valence-corrected chi connectivity index (χ3v) is 29.1. The fourth-order valence-corrected chi connectivity index (χ4v) is 22.0. The highest BCUT2D eigenvalue weighted by molar-refractivity contribution is 5.79. The van der Waals surface area contributed by atoms with E-state index in [1.807, 2.05) is 0 Å². The van der Waals surface area contributed by atoms with E-state index in [0.717, 1.165) is 25.7 Å². The Balaban J connectivity index is 0.768. The topological polar surface area (TPSA) is 616 Å². The second-order valence-electron chi connectivity index (χ2n) is 37.0. The predicted molar refractivity (Wildman–Crippen MR) is 391 cm³/mol. The summed E-state index contributed by atoms with van der Waals surface area (Å²) in [5.74, 6) is -5.30. The van der Waals surface area contributed by atoms with Crippen molar-refractivity contribution in [2.24, 2.45) is 50.2 Å². The summed E-state index contributed by atoms with van der Waals surface area (Å²) < 4.78 is 108. The molecule has 8 saturated heterocycles. The largest absolute Gasteiger partial charge is 0.479 e. The number of rotatable bonds is 21. The van der Waals surface area contributed by atoms with E-state index in [0.29, 0.717) is 51.4 Å². The van der Waals surface area contributed by atoms with Gasteiger partial charge in [0.15, 0.2) is 68.4 Å². The van der Waals surface area contributed by atoms with Gasteiger partial charge in [-0.15, -0.1) is 0 Å². The molecule has 18 N–H and O–H groups in total. The maximum absolute atomic E-state index is 16.2. The van der Waals surface area contributed by atoms with E-state index < -0.39 is 323 Å². The molecule has 0 spiro atoms. The average molecular weight is 1730 g/mol. The van der Waals surface area contributed by atoms with Gasteiger partial charge in [-0.05, 0) is 124 Å². The van der Waals surface area contributed by atoms with Gasteiger partial charge in [0, 0.05) is 13.8 Å². The third-order valence-electron chi connectivity index (χ3n) is 29.1. The minimum atomic E-state index is -2.23. The molecule has 13 rings (SSSR count). The Bertz CT molecular complexity index is 3620. The second-order valence-corrected chi connectivity index (χ2v) is 37.0. The first kappa shape index (κ1) is 93.6. The van der Waals surface area contributed by atoms with Crippen molar-refractivity contribution >= 4 is 30.2 Å². The SMILES string of the molecule is CC(=O)O[C@@H]1[C@@H](O)[C@H](O[C@@H]2[C@H](O)[C@@H](O[C@@H]3O[C@@H](C)[C@H](O[C@@H]4OC[C@@H](O)[C@H](O[C@@H]5OC[C@@H](O)[C@H](O)[C@H]5O)[C@H]4O)[C@@H](O)[C@H]3O)[C@H](OC(=O)[C@]34CCC(C)(C)C[C@H]3C3=CC[C@@H]5[C@@]6(C)CC[C@H](O[C@@H]7O[C@H](C(=O)O)[C@@H](O)[C@H](O[C@@H]8OC[C@@H](O)[C@H](O)[C@H]8O)[C@H]7O[C@@H]7O[C@H](CO)[C@H](O)[C@H](O)[C@H]7O)[C@@](C)(C=O)C6CC[C@@]5(C)[C@]3(C)CC4)O[C@@H]2C)O[C@H](C)[C@H]1OC(C)=O. The third kappa shape index (κ3) is 17.0. The summed E-state index contributed by atoms with van der Waals surface area (Å²) in [6.07, 6.45) is -60.5. The van der Waals surface area contributed by atoms with Crippen LogP contribution < -0.4 is 0 Å². The molecule has 0 bridgehead atoms. The van der Waals surface area contributed by atoms with Crippen LogP contribution in [0.25, 0.3) is 0 Å². The number of carboxylic acid groups (broad SMARTS) is 1. The molecule has 0 radical (unpaired) electrons. The van der Waals surface area contributed by atoms with E-state index in [4.69, 9.17) is 85.3 Å². The molecule has 1 unspecified atom stereocenters. The first-order valence-corrected chi connectivity index (χ1v) is 41.5. The molecule has 120 heavy (non-hydrogen) atoms. The number of esters is 3. The van der Waals surface area contributed by atoms with Crippen molar-refractivity contribution in [2.45, 2.75) is 374 Å². The Morgan fingerprint density at radius 3 is 1.53 bits per heavy atom. The van der Waals surface area contributed by atoms with Crippen LogP contribution in [0.15, 0.2) is 11.6 Å². The number of aliphatic carboxylic acids is 1. The van der Waals surface area contributed by atoms with E-state index in [1.54, 1.807) is 6.92 Å². The van der Waals surface area contributed by atoms with Gasteiger partial charge in [-0.2, -0.15) is 0 Å². The molecule has 4 saturated carbocycles. The summed E-state index contributed by atoms with van der Waals surface area (Å²) in [5.41, 5.74) is -3.97. The predicted octanol–water partition coefficient (Wildman–Crippen LogP) is -5.33. The molecule has 8 heterocycles. The van der Waals surface area contributed by atoms with Crippen LogP contribution in [0.5, 0.6) is 0 Å². The van der Waals surface area contributed by atoms with Crippen LogP contribution in [0, 0.1) is 50.2 Å². The van der Waals surface area contributed by atoms with Gasteiger partial charge in [-0.1, -0.05) is 53.2 Å². The molecule has 41 heteroatoms. The highest BCUT2D eigenvalue weighted by Gasteiger charge is 2.72. The van der Waals surface area contributed by atoms with Crippen molar-refractivity contribution in [3.05, 3.63) is 11.6 Å². The summed E-state index contributed by atoms with van der Waals surface area (Å²) in [5, 5.41) is 200. The Hall–Kier alpha value is -3.99. The molecule has 684 valence electrons. The zero-order chi connectivity index (χ0) is 87.6. The molecular formula is C79H122O41. The van der Waals surface area contributed by atoms with Crippen molar-refractivity contribution in [1.82, 2.24) is 0 Å². The van der Waals surface area contributed by atoms with Crippen molar-refractivity contribution in [2.75, 3.05) is 26.4 Å². The quantitative estimate of drug-likeness (QED) is 0.0168. The van der Waals surface area contributed by atoms with Crippen molar-refractivity contribution in [1.29, 1.82) is 0 Å². The summed E-state index contributed by atoms with van der Waals surface area (Å²) in [7, 11) is 0. The number of allylic oxidation sites excluding steroid dienone is 2. The normalized spacial score (nSPS) is 52.8. The lowest BCUT2D eigenvalue weighted by Gasteiger charge is -2.71. The van der Waals surface area contributed by atoms with E-state index in [2.05, 4.69) is 40.7 Å². The Morgan fingerprint density at radius 1 is 0.442 bits per heavy atom. The van der Waals surface area contributed by atoms with Crippen LogP contribution in [0.2, 0.25) is 0 Å². The molecule has 8 aliphatic heterocycles. The number of carbonyl (C=O) groups excluding carboxylic acids is 4. The van der Waals surface area contributed by atoms with Gasteiger partial charge in [-0.25, -0.2) is 4.79 Å². The Kier molecular flexibility index (Phi) is 28.0. The molecule has 46 atom stereocenters. The summed E-state index contributed by atoms with van der Waals surface area (Å²) >= 11 is 0. The lowest BCUT2D eigenvalue weighted by Crippen LogP contribution is -2.69. The molecule has 0 aromatic carbocycles. The number of carbonyl (C=O) groups is 5. The fourth-order valence-electron chi connectivity index (χ4n) is 22.0. The van der Waals surface area contributed by atoms with Crippen molar-refractivity contribution in [3.63, 3.8) is 0 Å². The zero-order valence-corrected chi connectivity index (χ0v) is 68.7.